The van der Waals surface area contributed by atoms with Gasteiger partial charge in [0.2, 0.25) is 0 Å². The standard InChI is InChI=1S/C20H25F2NO5S/c1-19-9-8-14-13-5-3-12(24)10-11(13)2-4-15(14)16(19)6-7-17(19)28-18(25)20(21,22)29(23,26)27/h3,5,10,14-17,24H,2,4,6-9H2,1H3,(H2,23,26,27)/t14-,15?,16?,17+,19+/m1/s1. The average molecular weight is 429 g/mol. The van der Waals surface area contributed by atoms with Crippen molar-refractivity contribution in [2.24, 2.45) is 22.4 Å². The van der Waals surface area contributed by atoms with Gasteiger partial charge in [0.05, 0.1) is 0 Å². The number of primary sulfonamides is 1. The highest BCUT2D eigenvalue weighted by atomic mass is 32.2. The van der Waals surface area contributed by atoms with Gasteiger partial charge in [0.25, 0.3) is 10.0 Å². The first-order chi connectivity index (χ1) is 13.4. The highest BCUT2D eigenvalue weighted by Crippen LogP contribution is 2.61. The molecule has 3 N–H and O–H groups in total. The van der Waals surface area contributed by atoms with Crippen molar-refractivity contribution in [2.75, 3.05) is 0 Å². The van der Waals surface area contributed by atoms with Crippen molar-refractivity contribution in [1.82, 2.24) is 0 Å². The molecule has 4 rings (SSSR count). The number of benzene rings is 1. The number of halogens is 2. The molecule has 2 saturated carbocycles. The van der Waals surface area contributed by atoms with Gasteiger partial charge in [0.15, 0.2) is 0 Å². The van der Waals surface area contributed by atoms with Gasteiger partial charge in [-0.2, -0.15) is 8.78 Å². The van der Waals surface area contributed by atoms with Gasteiger partial charge in [-0.1, -0.05) is 13.0 Å². The highest BCUT2D eigenvalue weighted by molar-refractivity contribution is 7.91. The molecule has 0 aliphatic heterocycles. The topological polar surface area (TPSA) is 107 Å². The normalized spacial score (nSPS) is 34.1. The minimum atomic E-state index is -5.38. The second-order valence-electron chi connectivity index (χ2n) is 8.88. The Morgan fingerprint density at radius 2 is 2.00 bits per heavy atom. The van der Waals surface area contributed by atoms with Gasteiger partial charge >= 0.3 is 11.2 Å². The van der Waals surface area contributed by atoms with Gasteiger partial charge in [0.1, 0.15) is 11.9 Å². The number of fused-ring (bicyclic) bond motifs is 5. The fraction of sp³-hybridized carbons (Fsp3) is 0.650. The molecule has 1 aromatic carbocycles. The molecule has 6 nitrogen and oxygen atoms in total. The number of nitrogens with two attached hydrogens (primary N) is 1. The zero-order chi connectivity index (χ0) is 21.2. The molecule has 3 aliphatic rings. The monoisotopic (exact) mass is 429 g/mol. The Labute approximate surface area is 168 Å². The molecular weight excluding hydrogens is 404 g/mol. The third-order valence-corrected chi connectivity index (χ3v) is 8.35. The molecule has 0 spiro atoms. The summed E-state index contributed by atoms with van der Waals surface area (Å²) in [5.41, 5.74) is 1.92. The van der Waals surface area contributed by atoms with Crippen LogP contribution in [0.25, 0.3) is 0 Å². The number of carbonyl (C=O) groups is 1. The van der Waals surface area contributed by atoms with E-state index in [1.54, 1.807) is 6.07 Å². The third-order valence-electron chi connectivity index (χ3n) is 7.47. The molecule has 0 heterocycles. The summed E-state index contributed by atoms with van der Waals surface area (Å²) in [6.07, 6.45) is 3.70. The van der Waals surface area contributed by atoms with Crippen molar-refractivity contribution in [2.45, 2.75) is 62.7 Å². The van der Waals surface area contributed by atoms with Gasteiger partial charge in [-0.15, -0.1) is 0 Å². The quantitative estimate of drug-likeness (QED) is 0.719. The average Bonchev–Trinajstić information content (AvgIpc) is 2.96. The fourth-order valence-electron chi connectivity index (χ4n) is 6.03. The van der Waals surface area contributed by atoms with E-state index in [2.05, 4.69) is 5.14 Å². The Balaban J connectivity index is 1.56. The number of phenols is 1. The minimum Gasteiger partial charge on any atom is -0.508 e. The van der Waals surface area contributed by atoms with Crippen molar-refractivity contribution < 1.29 is 31.8 Å². The van der Waals surface area contributed by atoms with E-state index in [0.29, 0.717) is 24.7 Å². The molecule has 5 atom stereocenters. The van der Waals surface area contributed by atoms with Gasteiger partial charge in [-0.25, -0.2) is 18.4 Å². The number of sulfonamides is 1. The maximum atomic E-state index is 13.8. The van der Waals surface area contributed by atoms with E-state index in [9.17, 15) is 27.1 Å². The van der Waals surface area contributed by atoms with E-state index in [0.717, 1.165) is 31.2 Å². The maximum Gasteiger partial charge on any atom is 0.454 e. The minimum absolute atomic E-state index is 0.198. The Morgan fingerprint density at radius 1 is 1.28 bits per heavy atom. The van der Waals surface area contributed by atoms with Crippen LogP contribution in [-0.2, 0) is 26.0 Å². The number of aryl methyl sites for hydroxylation is 1. The molecule has 0 bridgehead atoms. The summed E-state index contributed by atoms with van der Waals surface area (Å²) in [6.45, 7) is 1.96. The predicted octanol–water partition coefficient (Wildman–Crippen LogP) is 3.04. The van der Waals surface area contributed by atoms with E-state index in [4.69, 9.17) is 4.74 Å². The van der Waals surface area contributed by atoms with Crippen LogP contribution in [0.3, 0.4) is 0 Å². The molecule has 1 aromatic rings. The number of hydrogen-bond acceptors (Lipinski definition) is 5. The Bertz CT molecular complexity index is 950. The number of alkyl halides is 2. The molecule has 0 saturated heterocycles. The lowest BCUT2D eigenvalue weighted by Crippen LogP contribution is -2.49. The summed E-state index contributed by atoms with van der Waals surface area (Å²) in [6, 6.07) is 5.49. The smallest absolute Gasteiger partial charge is 0.454 e. The summed E-state index contributed by atoms with van der Waals surface area (Å²) in [5, 5.41) is 9.51. The van der Waals surface area contributed by atoms with Gasteiger partial charge < -0.3 is 9.84 Å². The van der Waals surface area contributed by atoms with Crippen molar-refractivity contribution in [3.63, 3.8) is 0 Å². The lowest BCUT2D eigenvalue weighted by Gasteiger charge is -2.50. The van der Waals surface area contributed by atoms with E-state index in [-0.39, 0.29) is 11.7 Å². The maximum absolute atomic E-state index is 13.8. The number of ether oxygens (including phenoxy) is 1. The largest absolute Gasteiger partial charge is 0.508 e. The zero-order valence-corrected chi connectivity index (χ0v) is 16.9. The van der Waals surface area contributed by atoms with Crippen LogP contribution in [0, 0.1) is 17.3 Å². The molecule has 3 aliphatic carbocycles. The molecule has 0 aromatic heterocycles. The number of esters is 1. The van der Waals surface area contributed by atoms with Crippen LogP contribution in [0.1, 0.15) is 56.1 Å². The summed E-state index contributed by atoms with van der Waals surface area (Å²) in [4.78, 5) is 11.9. The Hall–Kier alpha value is -1.74. The van der Waals surface area contributed by atoms with Crippen LogP contribution in [0.15, 0.2) is 18.2 Å². The van der Waals surface area contributed by atoms with Crippen LogP contribution < -0.4 is 5.14 Å². The SMILES string of the molecule is C[C@]12CC[C@@H]3c4ccc(O)cc4CCC3C1CC[C@@H]2OC(=O)C(F)(F)S(N)(=O)=O. The summed E-state index contributed by atoms with van der Waals surface area (Å²) in [7, 11) is -5.38. The van der Waals surface area contributed by atoms with E-state index < -0.39 is 32.8 Å². The molecule has 0 radical (unpaired) electrons. The number of hydrogen-bond donors (Lipinski definition) is 2. The summed E-state index contributed by atoms with van der Waals surface area (Å²) in [5.74, 6) is -0.958. The van der Waals surface area contributed by atoms with Crippen LogP contribution in [0.2, 0.25) is 0 Å². The lowest BCUT2D eigenvalue weighted by molar-refractivity contribution is -0.174. The molecule has 0 amide bonds. The second-order valence-corrected chi connectivity index (χ2v) is 10.5. The van der Waals surface area contributed by atoms with E-state index in [1.807, 2.05) is 19.1 Å². The number of carbonyl (C=O) groups excluding carboxylic acids is 1. The van der Waals surface area contributed by atoms with E-state index in [1.165, 1.54) is 5.56 Å². The van der Waals surface area contributed by atoms with Gasteiger partial charge in [-0.3, -0.25) is 0 Å². The third kappa shape index (κ3) is 3.13. The van der Waals surface area contributed by atoms with E-state index >= 15 is 0 Å². The molecule has 2 unspecified atom stereocenters. The predicted molar refractivity (Wildman–Crippen MR) is 101 cm³/mol. The Kier molecular flexibility index (Phi) is 4.70. The first-order valence-electron chi connectivity index (χ1n) is 9.88. The van der Waals surface area contributed by atoms with Crippen LogP contribution in [-0.4, -0.2) is 30.9 Å². The molecule has 9 heteroatoms. The first kappa shape index (κ1) is 20.5. The van der Waals surface area contributed by atoms with Crippen molar-refractivity contribution in [3.05, 3.63) is 29.3 Å². The molecule has 2 fully saturated rings. The fourth-order valence-corrected chi connectivity index (χ4v) is 6.31. The Morgan fingerprint density at radius 3 is 2.69 bits per heavy atom. The van der Waals surface area contributed by atoms with Gasteiger partial charge in [-0.05, 0) is 79.5 Å². The second kappa shape index (κ2) is 6.63. The first-order valence-corrected chi connectivity index (χ1v) is 11.4. The molecule has 160 valence electrons. The molecule has 29 heavy (non-hydrogen) atoms. The highest BCUT2D eigenvalue weighted by Gasteiger charge is 2.59. The lowest BCUT2D eigenvalue weighted by atomic mass is 9.55. The van der Waals surface area contributed by atoms with Crippen LogP contribution >= 0.6 is 0 Å². The molecular formula is C20H25F2NO5S. The summed E-state index contributed by atoms with van der Waals surface area (Å²) < 4.78 is 54.8. The summed E-state index contributed by atoms with van der Waals surface area (Å²) >= 11 is 0. The number of rotatable bonds is 3. The van der Waals surface area contributed by atoms with Crippen LogP contribution in [0.5, 0.6) is 5.75 Å². The van der Waals surface area contributed by atoms with Crippen LogP contribution in [0.4, 0.5) is 8.78 Å². The zero-order valence-electron chi connectivity index (χ0n) is 16.1. The van der Waals surface area contributed by atoms with Gasteiger partial charge in [0, 0.05) is 5.41 Å². The van der Waals surface area contributed by atoms with Crippen molar-refractivity contribution >= 4 is 16.0 Å². The number of phenolic OH excluding ortho intramolecular Hbond substituents is 1. The van der Waals surface area contributed by atoms with Crippen molar-refractivity contribution in [1.29, 1.82) is 0 Å². The van der Waals surface area contributed by atoms with Crippen molar-refractivity contribution in [3.8, 4) is 5.75 Å². The number of aromatic hydroxyl groups is 1.